The Kier molecular flexibility index (Phi) is 9.16. The van der Waals surface area contributed by atoms with Gasteiger partial charge >= 0.3 is 0 Å². The summed E-state index contributed by atoms with van der Waals surface area (Å²) in [7, 11) is 0. The maximum absolute atomic E-state index is 6.09. The Bertz CT molecular complexity index is 149. The van der Waals surface area contributed by atoms with Crippen molar-refractivity contribution in [1.82, 2.24) is 4.90 Å². The Morgan fingerprint density at radius 1 is 1.07 bits per heavy atom. The Hall–Kier alpha value is -0.240. The zero-order valence-electron chi connectivity index (χ0n) is 9.72. The van der Waals surface area contributed by atoms with Gasteiger partial charge in [0.25, 0.3) is 0 Å². The highest BCUT2D eigenvalue weighted by atomic mass is 35.5. The molecule has 0 radical (unpaired) electrons. The van der Waals surface area contributed by atoms with Crippen molar-refractivity contribution < 1.29 is 0 Å². The molecule has 3 heteroatoms. The van der Waals surface area contributed by atoms with E-state index in [4.69, 9.17) is 11.6 Å². The fraction of sp³-hybridized carbons (Fsp3) is 0.909. The van der Waals surface area contributed by atoms with Crippen LogP contribution >= 0.6 is 11.6 Å². The third-order valence-corrected chi connectivity index (χ3v) is 2.47. The van der Waals surface area contributed by atoms with Crippen LogP contribution in [0.2, 0.25) is 0 Å². The van der Waals surface area contributed by atoms with Crippen LogP contribution in [0.3, 0.4) is 0 Å². The summed E-state index contributed by atoms with van der Waals surface area (Å²) in [6, 6.07) is 0. The van der Waals surface area contributed by atoms with Gasteiger partial charge in [0, 0.05) is 19.6 Å². The molecule has 0 bridgehead atoms. The first-order valence-electron chi connectivity index (χ1n) is 5.71. The Morgan fingerprint density at radius 3 is 1.93 bits per heavy atom. The van der Waals surface area contributed by atoms with Gasteiger partial charge in [-0.3, -0.25) is 4.99 Å². The van der Waals surface area contributed by atoms with Crippen molar-refractivity contribution in [3.05, 3.63) is 0 Å². The lowest BCUT2D eigenvalue weighted by molar-refractivity contribution is 0.403. The van der Waals surface area contributed by atoms with Gasteiger partial charge in [0.2, 0.25) is 0 Å². The minimum absolute atomic E-state index is 0.689. The second-order valence-corrected chi connectivity index (χ2v) is 3.78. The molecule has 84 valence electrons. The van der Waals surface area contributed by atoms with E-state index in [1.54, 1.807) is 0 Å². The van der Waals surface area contributed by atoms with Gasteiger partial charge in [0.1, 0.15) is 0 Å². The first-order chi connectivity index (χ1) is 6.76. The number of amidine groups is 1. The highest BCUT2D eigenvalue weighted by Gasteiger charge is 2.06. The Balaban J connectivity index is 4.01. The van der Waals surface area contributed by atoms with Crippen molar-refractivity contribution in [2.45, 2.75) is 46.5 Å². The summed E-state index contributed by atoms with van der Waals surface area (Å²) in [4.78, 5) is 6.43. The number of unbranched alkanes of at least 4 members (excludes halogenated alkanes) is 2. The summed E-state index contributed by atoms with van der Waals surface area (Å²) < 4.78 is 0. The van der Waals surface area contributed by atoms with Crippen molar-refractivity contribution in [3.8, 4) is 0 Å². The molecule has 2 nitrogen and oxygen atoms in total. The molecule has 0 aromatic heterocycles. The first kappa shape index (κ1) is 13.8. The fourth-order valence-electron chi connectivity index (χ4n) is 1.22. The summed E-state index contributed by atoms with van der Waals surface area (Å²) in [5.41, 5.74) is 0. The van der Waals surface area contributed by atoms with Crippen LogP contribution in [-0.2, 0) is 0 Å². The molecule has 0 unspecified atom stereocenters. The molecule has 0 amide bonds. The zero-order valence-corrected chi connectivity index (χ0v) is 10.5. The molecule has 0 atom stereocenters. The molecule has 0 aromatic carbocycles. The molecule has 0 fully saturated rings. The lowest BCUT2D eigenvalue weighted by atomic mass is 10.3. The third-order valence-electron chi connectivity index (χ3n) is 2.11. The predicted octanol–water partition coefficient (Wildman–Crippen LogP) is 3.50. The molecule has 0 spiro atoms. The molecule has 0 aliphatic rings. The smallest absolute Gasteiger partial charge is 0.193 e. The van der Waals surface area contributed by atoms with Crippen LogP contribution in [0.15, 0.2) is 4.99 Å². The summed E-state index contributed by atoms with van der Waals surface area (Å²) >= 11 is 6.09. The van der Waals surface area contributed by atoms with E-state index in [1.807, 2.05) is 6.92 Å². The average molecular weight is 219 g/mol. The molecule has 0 N–H and O–H groups in total. The lowest BCUT2D eigenvalue weighted by Gasteiger charge is -2.22. The van der Waals surface area contributed by atoms with Crippen LogP contribution < -0.4 is 0 Å². The van der Waals surface area contributed by atoms with Crippen LogP contribution in [0.1, 0.15) is 46.5 Å². The largest absolute Gasteiger partial charge is 0.347 e. The highest BCUT2D eigenvalue weighted by Crippen LogP contribution is 2.03. The van der Waals surface area contributed by atoms with Crippen LogP contribution in [-0.4, -0.2) is 29.8 Å². The Morgan fingerprint density at radius 2 is 1.57 bits per heavy atom. The van der Waals surface area contributed by atoms with E-state index >= 15 is 0 Å². The van der Waals surface area contributed by atoms with E-state index < -0.39 is 0 Å². The van der Waals surface area contributed by atoms with E-state index in [0.29, 0.717) is 5.29 Å². The zero-order chi connectivity index (χ0) is 10.8. The van der Waals surface area contributed by atoms with Crippen LogP contribution in [0.5, 0.6) is 0 Å². The van der Waals surface area contributed by atoms with E-state index in [0.717, 1.165) is 19.6 Å². The van der Waals surface area contributed by atoms with Gasteiger partial charge in [-0.2, -0.15) is 0 Å². The normalized spacial score (nSPS) is 11.9. The van der Waals surface area contributed by atoms with E-state index in [-0.39, 0.29) is 0 Å². The molecular weight excluding hydrogens is 196 g/mol. The van der Waals surface area contributed by atoms with E-state index in [1.165, 1.54) is 25.7 Å². The molecule has 0 aliphatic heterocycles. The summed E-state index contributed by atoms with van der Waals surface area (Å²) in [6.45, 7) is 9.26. The van der Waals surface area contributed by atoms with Gasteiger partial charge in [0.15, 0.2) is 5.29 Å². The van der Waals surface area contributed by atoms with Gasteiger partial charge in [-0.15, -0.1) is 0 Å². The summed E-state index contributed by atoms with van der Waals surface area (Å²) in [5.74, 6) is 0. The molecule has 14 heavy (non-hydrogen) atoms. The standard InChI is InChI=1S/C11H23ClN2/c1-4-7-9-14(10-8-5-2)11(12)13-6-3/h4-10H2,1-3H3. The number of hydrogen-bond acceptors (Lipinski definition) is 1. The number of halogens is 1. The minimum atomic E-state index is 0.689. The van der Waals surface area contributed by atoms with Crippen LogP contribution in [0.25, 0.3) is 0 Å². The van der Waals surface area contributed by atoms with Crippen molar-refractivity contribution in [2.24, 2.45) is 4.99 Å². The number of rotatable bonds is 7. The van der Waals surface area contributed by atoms with Crippen molar-refractivity contribution in [2.75, 3.05) is 19.6 Å². The second-order valence-electron chi connectivity index (χ2n) is 3.44. The maximum atomic E-state index is 6.09. The number of hydrogen-bond donors (Lipinski definition) is 0. The van der Waals surface area contributed by atoms with Gasteiger partial charge < -0.3 is 4.90 Å². The molecular formula is C11H23ClN2. The first-order valence-corrected chi connectivity index (χ1v) is 6.08. The third kappa shape index (κ3) is 6.25. The van der Waals surface area contributed by atoms with Gasteiger partial charge in [-0.25, -0.2) is 0 Å². The molecule has 0 saturated carbocycles. The minimum Gasteiger partial charge on any atom is -0.347 e. The summed E-state index contributed by atoms with van der Waals surface area (Å²) in [6.07, 6.45) is 4.80. The number of nitrogens with zero attached hydrogens (tertiary/aromatic N) is 2. The topological polar surface area (TPSA) is 15.6 Å². The predicted molar refractivity (Wildman–Crippen MR) is 65.2 cm³/mol. The van der Waals surface area contributed by atoms with Crippen molar-refractivity contribution in [1.29, 1.82) is 0 Å². The van der Waals surface area contributed by atoms with Gasteiger partial charge in [-0.1, -0.05) is 26.7 Å². The van der Waals surface area contributed by atoms with E-state index in [2.05, 4.69) is 23.7 Å². The van der Waals surface area contributed by atoms with Gasteiger partial charge in [0.05, 0.1) is 0 Å². The van der Waals surface area contributed by atoms with E-state index in [9.17, 15) is 0 Å². The van der Waals surface area contributed by atoms with Crippen LogP contribution in [0.4, 0.5) is 0 Å². The average Bonchev–Trinajstić information content (AvgIpc) is 2.18. The molecule has 0 saturated heterocycles. The highest BCUT2D eigenvalue weighted by molar-refractivity contribution is 6.64. The summed E-state index contributed by atoms with van der Waals surface area (Å²) in [5, 5.41) is 0.689. The molecule has 0 rings (SSSR count). The SMILES string of the molecule is CCCCN(CCCC)C(Cl)=NCC. The Labute approximate surface area is 93.3 Å². The lowest BCUT2D eigenvalue weighted by Crippen LogP contribution is -2.29. The second kappa shape index (κ2) is 9.32. The monoisotopic (exact) mass is 218 g/mol. The maximum Gasteiger partial charge on any atom is 0.193 e. The van der Waals surface area contributed by atoms with Gasteiger partial charge in [-0.05, 0) is 31.4 Å². The van der Waals surface area contributed by atoms with Crippen LogP contribution in [0, 0.1) is 0 Å². The van der Waals surface area contributed by atoms with Crippen molar-refractivity contribution >= 4 is 16.9 Å². The van der Waals surface area contributed by atoms with Crippen molar-refractivity contribution in [3.63, 3.8) is 0 Å². The molecule has 0 heterocycles. The quantitative estimate of drug-likeness (QED) is 0.363. The number of aliphatic imine (C=N–C) groups is 1. The molecule has 0 aliphatic carbocycles. The fourth-order valence-corrected chi connectivity index (χ4v) is 1.51. The molecule has 0 aromatic rings.